The summed E-state index contributed by atoms with van der Waals surface area (Å²) in [7, 11) is 1.73. The highest BCUT2D eigenvalue weighted by Gasteiger charge is 2.19. The first-order chi connectivity index (χ1) is 13.3. The second-order valence-corrected chi connectivity index (χ2v) is 6.68. The molecule has 0 aliphatic carbocycles. The van der Waals surface area contributed by atoms with Crippen LogP contribution in [0.2, 0.25) is 0 Å². The van der Waals surface area contributed by atoms with Gasteiger partial charge >= 0.3 is 0 Å². The number of aliphatic imine (C=N–C) groups is 1. The fraction of sp³-hybridized carbons (Fsp3) is 0.409. The van der Waals surface area contributed by atoms with E-state index in [4.69, 9.17) is 9.73 Å². The maximum atomic E-state index is 5.31. The molecule has 5 heteroatoms. The van der Waals surface area contributed by atoms with Gasteiger partial charge in [-0.25, -0.2) is 4.99 Å². The Kier molecular flexibility index (Phi) is 7.11. The molecule has 0 unspecified atom stereocenters. The van der Waals surface area contributed by atoms with E-state index in [0.717, 1.165) is 38.7 Å². The van der Waals surface area contributed by atoms with Crippen LogP contribution in [0.5, 0.6) is 0 Å². The fourth-order valence-corrected chi connectivity index (χ4v) is 3.41. The quantitative estimate of drug-likeness (QED) is 0.630. The number of nitrogens with zero attached hydrogens (tertiary/aromatic N) is 3. The van der Waals surface area contributed by atoms with Crippen LogP contribution in [0.3, 0.4) is 0 Å². The summed E-state index contributed by atoms with van der Waals surface area (Å²) in [6.45, 7) is 8.25. The van der Waals surface area contributed by atoms with Crippen LogP contribution >= 0.6 is 0 Å². The number of benzene rings is 2. The first kappa shape index (κ1) is 19.2. The average molecular weight is 367 g/mol. The van der Waals surface area contributed by atoms with Crippen LogP contribution in [0.25, 0.3) is 0 Å². The van der Waals surface area contributed by atoms with E-state index in [1.165, 1.54) is 16.8 Å². The predicted octanol–water partition coefficient (Wildman–Crippen LogP) is 3.12. The summed E-state index contributed by atoms with van der Waals surface area (Å²) in [4.78, 5) is 9.71. The summed E-state index contributed by atoms with van der Waals surface area (Å²) in [6.07, 6.45) is 0. The van der Waals surface area contributed by atoms with Crippen molar-refractivity contribution in [1.29, 1.82) is 0 Å². The lowest BCUT2D eigenvalue weighted by atomic mass is 10.1. The molecule has 144 valence electrons. The molecule has 1 aliphatic rings. The largest absolute Gasteiger partial charge is 0.380 e. The Morgan fingerprint density at radius 1 is 0.963 bits per heavy atom. The molecule has 0 aromatic heterocycles. The van der Waals surface area contributed by atoms with Crippen LogP contribution in [-0.4, -0.2) is 50.7 Å². The minimum atomic E-state index is 0.623. The summed E-state index contributed by atoms with van der Waals surface area (Å²) in [5.74, 6) is 0.998. The van der Waals surface area contributed by atoms with E-state index in [-0.39, 0.29) is 0 Å². The third-order valence-corrected chi connectivity index (χ3v) is 4.85. The number of hydrogen-bond acceptors (Lipinski definition) is 3. The van der Waals surface area contributed by atoms with E-state index >= 15 is 0 Å². The third-order valence-electron chi connectivity index (χ3n) is 4.85. The normalized spacial score (nSPS) is 15.1. The molecule has 1 aliphatic heterocycles. The molecule has 0 saturated carbocycles. The first-order valence-electron chi connectivity index (χ1n) is 9.70. The molecular weight excluding hydrogens is 336 g/mol. The molecule has 0 spiro atoms. The molecule has 5 nitrogen and oxygen atoms in total. The van der Waals surface area contributed by atoms with E-state index < -0.39 is 0 Å². The minimum absolute atomic E-state index is 0.623. The molecule has 2 aromatic carbocycles. The number of ether oxygens (including phenoxy) is 1. The van der Waals surface area contributed by atoms with Crippen molar-refractivity contribution in [2.45, 2.75) is 20.1 Å². The molecule has 0 bridgehead atoms. The van der Waals surface area contributed by atoms with Gasteiger partial charge in [0.15, 0.2) is 5.96 Å². The van der Waals surface area contributed by atoms with Crippen LogP contribution in [0.4, 0.5) is 5.69 Å². The highest BCUT2D eigenvalue weighted by atomic mass is 16.5. The highest BCUT2D eigenvalue weighted by molar-refractivity contribution is 5.80. The molecule has 0 radical (unpaired) electrons. The first-order valence-corrected chi connectivity index (χ1v) is 9.70. The lowest BCUT2D eigenvalue weighted by Gasteiger charge is -2.37. The number of piperazine rings is 1. The van der Waals surface area contributed by atoms with Gasteiger partial charge in [-0.3, -0.25) is 0 Å². The second-order valence-electron chi connectivity index (χ2n) is 6.68. The Morgan fingerprint density at radius 3 is 2.30 bits per heavy atom. The number of guanidine groups is 1. The van der Waals surface area contributed by atoms with E-state index in [0.29, 0.717) is 13.2 Å². The van der Waals surface area contributed by atoms with Gasteiger partial charge in [-0.1, -0.05) is 42.5 Å². The van der Waals surface area contributed by atoms with Gasteiger partial charge in [0.25, 0.3) is 0 Å². The summed E-state index contributed by atoms with van der Waals surface area (Å²) in [5, 5.41) is 3.45. The van der Waals surface area contributed by atoms with Gasteiger partial charge in [0.1, 0.15) is 0 Å². The van der Waals surface area contributed by atoms with Crippen LogP contribution in [0, 0.1) is 0 Å². The van der Waals surface area contributed by atoms with E-state index in [2.05, 4.69) is 76.6 Å². The monoisotopic (exact) mass is 366 g/mol. The summed E-state index contributed by atoms with van der Waals surface area (Å²) >= 11 is 0. The lowest BCUT2D eigenvalue weighted by Crippen LogP contribution is -2.52. The van der Waals surface area contributed by atoms with Crippen molar-refractivity contribution >= 4 is 11.6 Å². The fourth-order valence-electron chi connectivity index (χ4n) is 3.41. The molecule has 1 saturated heterocycles. The van der Waals surface area contributed by atoms with Crippen LogP contribution < -0.4 is 10.2 Å². The van der Waals surface area contributed by atoms with Crippen molar-refractivity contribution in [2.24, 2.45) is 4.99 Å². The average Bonchev–Trinajstić information content (AvgIpc) is 2.73. The SMILES string of the molecule is CCNC(=NCc1ccccc1COC)N1CCN(c2ccccc2)CC1. The van der Waals surface area contributed by atoms with Crippen LogP contribution in [0.15, 0.2) is 59.6 Å². The van der Waals surface area contributed by atoms with Crippen molar-refractivity contribution in [1.82, 2.24) is 10.2 Å². The maximum Gasteiger partial charge on any atom is 0.194 e. The summed E-state index contributed by atoms with van der Waals surface area (Å²) < 4.78 is 5.31. The van der Waals surface area contributed by atoms with Gasteiger partial charge in [-0.05, 0) is 30.2 Å². The van der Waals surface area contributed by atoms with Crippen molar-refractivity contribution < 1.29 is 4.74 Å². The van der Waals surface area contributed by atoms with Crippen molar-refractivity contribution in [3.05, 3.63) is 65.7 Å². The Hall–Kier alpha value is -2.53. The van der Waals surface area contributed by atoms with Gasteiger partial charge in [0, 0.05) is 45.5 Å². The Balaban J connectivity index is 1.65. The molecule has 0 amide bonds. The van der Waals surface area contributed by atoms with Crippen molar-refractivity contribution in [2.75, 3.05) is 44.7 Å². The van der Waals surface area contributed by atoms with Gasteiger partial charge in [-0.2, -0.15) is 0 Å². The number of rotatable bonds is 6. The van der Waals surface area contributed by atoms with Crippen LogP contribution in [0.1, 0.15) is 18.1 Å². The predicted molar refractivity (Wildman–Crippen MR) is 112 cm³/mol. The third kappa shape index (κ3) is 5.23. The molecule has 1 fully saturated rings. The zero-order valence-corrected chi connectivity index (χ0v) is 16.4. The van der Waals surface area contributed by atoms with Gasteiger partial charge < -0.3 is 19.9 Å². The van der Waals surface area contributed by atoms with E-state index in [1.54, 1.807) is 7.11 Å². The number of nitrogens with one attached hydrogen (secondary N) is 1. The highest BCUT2D eigenvalue weighted by Crippen LogP contribution is 2.16. The zero-order chi connectivity index (χ0) is 18.9. The second kappa shape index (κ2) is 9.97. The lowest BCUT2D eigenvalue weighted by molar-refractivity contribution is 0.184. The van der Waals surface area contributed by atoms with Gasteiger partial charge in [0.05, 0.1) is 13.2 Å². The molecular formula is C22H30N4O. The van der Waals surface area contributed by atoms with Crippen LogP contribution in [-0.2, 0) is 17.9 Å². The summed E-state index contributed by atoms with van der Waals surface area (Å²) in [5.41, 5.74) is 3.72. The van der Waals surface area contributed by atoms with Gasteiger partial charge in [-0.15, -0.1) is 0 Å². The maximum absolute atomic E-state index is 5.31. The summed E-state index contributed by atoms with van der Waals surface area (Å²) in [6, 6.07) is 19.0. The topological polar surface area (TPSA) is 40.1 Å². The molecule has 1 N–H and O–H groups in total. The van der Waals surface area contributed by atoms with E-state index in [9.17, 15) is 0 Å². The molecule has 27 heavy (non-hydrogen) atoms. The Labute approximate surface area is 162 Å². The zero-order valence-electron chi connectivity index (χ0n) is 16.4. The number of hydrogen-bond donors (Lipinski definition) is 1. The molecule has 2 aromatic rings. The van der Waals surface area contributed by atoms with Crippen molar-refractivity contribution in [3.8, 4) is 0 Å². The minimum Gasteiger partial charge on any atom is -0.380 e. The van der Waals surface area contributed by atoms with Crippen molar-refractivity contribution in [3.63, 3.8) is 0 Å². The molecule has 0 atom stereocenters. The smallest absolute Gasteiger partial charge is 0.194 e. The Morgan fingerprint density at radius 2 is 1.63 bits per heavy atom. The molecule has 1 heterocycles. The number of para-hydroxylation sites is 1. The number of anilines is 1. The standard InChI is InChI=1S/C22H30N4O/c1-3-23-22(24-17-19-9-7-8-10-20(19)18-27-2)26-15-13-25(14-16-26)21-11-5-4-6-12-21/h4-12H,3,13-18H2,1-2H3,(H,23,24). The Bertz CT molecular complexity index is 724. The van der Waals surface area contributed by atoms with Gasteiger partial charge in [0.2, 0.25) is 0 Å². The molecule has 3 rings (SSSR count). The number of methoxy groups -OCH3 is 1. The van der Waals surface area contributed by atoms with E-state index in [1.807, 2.05) is 0 Å².